The van der Waals surface area contributed by atoms with Gasteiger partial charge in [0.2, 0.25) is 11.8 Å². The summed E-state index contributed by atoms with van der Waals surface area (Å²) in [6, 6.07) is 7.28. The van der Waals surface area contributed by atoms with Crippen LogP contribution in [0.15, 0.2) is 30.3 Å². The maximum atomic E-state index is 12.5. The van der Waals surface area contributed by atoms with Crippen LogP contribution in [0.2, 0.25) is 10.2 Å². The van der Waals surface area contributed by atoms with Gasteiger partial charge < -0.3 is 9.80 Å². The Morgan fingerprint density at radius 1 is 1.07 bits per heavy atom. The fraction of sp³-hybridized carbons (Fsp3) is 0.350. The topological polar surface area (TPSA) is 58.4 Å². The Kier molecular flexibility index (Phi) is 6.42. The summed E-state index contributed by atoms with van der Waals surface area (Å²) in [6.45, 7) is 3.92. The van der Waals surface area contributed by atoms with E-state index < -0.39 is 0 Å². The number of aromatic nitrogens is 2. The summed E-state index contributed by atoms with van der Waals surface area (Å²) < 4.78 is 1.58. The summed E-state index contributed by atoms with van der Waals surface area (Å²) in [5.41, 5.74) is 2.45. The number of hydrogen-bond acceptors (Lipinski definition) is 3. The highest BCUT2D eigenvalue weighted by atomic mass is 35.5. The lowest BCUT2D eigenvalue weighted by atomic mass is 10.1. The van der Waals surface area contributed by atoms with Gasteiger partial charge in [-0.2, -0.15) is 5.10 Å². The van der Waals surface area contributed by atoms with Crippen molar-refractivity contribution in [3.63, 3.8) is 0 Å². The van der Waals surface area contributed by atoms with Gasteiger partial charge >= 0.3 is 0 Å². The third kappa shape index (κ3) is 4.75. The molecule has 0 N–H and O–H groups in total. The number of amides is 2. The lowest BCUT2D eigenvalue weighted by Crippen LogP contribution is -2.50. The van der Waals surface area contributed by atoms with Crippen molar-refractivity contribution in [3.05, 3.63) is 57.3 Å². The van der Waals surface area contributed by atoms with Gasteiger partial charge in [0.1, 0.15) is 5.15 Å². The Labute approximate surface area is 174 Å². The minimum absolute atomic E-state index is 0.0581. The molecule has 0 radical (unpaired) electrons. The highest BCUT2D eigenvalue weighted by molar-refractivity contribution is 6.31. The summed E-state index contributed by atoms with van der Waals surface area (Å²) in [5.74, 6) is -0.0353. The monoisotopic (exact) mass is 420 g/mol. The van der Waals surface area contributed by atoms with Gasteiger partial charge in [-0.1, -0.05) is 35.3 Å². The third-order valence-electron chi connectivity index (χ3n) is 4.80. The molecule has 3 rings (SSSR count). The van der Waals surface area contributed by atoms with Crippen molar-refractivity contribution in [2.75, 3.05) is 26.2 Å². The second kappa shape index (κ2) is 8.80. The zero-order valence-corrected chi connectivity index (χ0v) is 17.4. The largest absolute Gasteiger partial charge is 0.339 e. The van der Waals surface area contributed by atoms with E-state index in [4.69, 9.17) is 23.2 Å². The van der Waals surface area contributed by atoms with Crippen LogP contribution >= 0.6 is 23.2 Å². The smallest absolute Gasteiger partial charge is 0.246 e. The van der Waals surface area contributed by atoms with E-state index >= 15 is 0 Å². The number of halogens is 2. The number of piperazine rings is 1. The summed E-state index contributed by atoms with van der Waals surface area (Å²) >= 11 is 12.1. The van der Waals surface area contributed by atoms with Crippen LogP contribution in [0.5, 0.6) is 0 Å². The molecule has 2 aromatic rings. The molecule has 2 amide bonds. The molecule has 1 aromatic carbocycles. The van der Waals surface area contributed by atoms with E-state index in [0.29, 0.717) is 42.8 Å². The number of aryl methyl sites for hydroxylation is 2. The standard InChI is InChI=1S/C20H22Cl2N4O2/c1-14-17(20(22)24(2)23-14)7-8-18(27)25-9-11-26(12-10-25)19(28)13-15-3-5-16(21)6-4-15/h3-8H,9-13H2,1-2H3/b8-7+. The van der Waals surface area contributed by atoms with Crippen LogP contribution in [0.3, 0.4) is 0 Å². The normalized spacial score (nSPS) is 14.7. The van der Waals surface area contributed by atoms with Crippen molar-refractivity contribution in [2.45, 2.75) is 13.3 Å². The van der Waals surface area contributed by atoms with Crippen LogP contribution in [0.1, 0.15) is 16.8 Å². The molecule has 1 fully saturated rings. The third-order valence-corrected chi connectivity index (χ3v) is 5.50. The van der Waals surface area contributed by atoms with Crippen molar-refractivity contribution in [3.8, 4) is 0 Å². The van der Waals surface area contributed by atoms with Crippen molar-refractivity contribution in [2.24, 2.45) is 7.05 Å². The molecule has 1 aliphatic heterocycles. The molecule has 6 nitrogen and oxygen atoms in total. The van der Waals surface area contributed by atoms with Crippen LogP contribution in [0, 0.1) is 6.92 Å². The van der Waals surface area contributed by atoms with Gasteiger partial charge in [0.25, 0.3) is 0 Å². The molecule has 1 aromatic heterocycles. The van der Waals surface area contributed by atoms with Crippen molar-refractivity contribution in [1.29, 1.82) is 0 Å². The van der Waals surface area contributed by atoms with E-state index in [0.717, 1.165) is 16.8 Å². The number of benzene rings is 1. The molecule has 8 heteroatoms. The van der Waals surface area contributed by atoms with E-state index in [-0.39, 0.29) is 11.8 Å². The second-order valence-electron chi connectivity index (χ2n) is 6.76. The van der Waals surface area contributed by atoms with E-state index in [1.807, 2.05) is 19.1 Å². The maximum absolute atomic E-state index is 12.5. The molecule has 2 heterocycles. The Morgan fingerprint density at radius 2 is 1.68 bits per heavy atom. The number of hydrogen-bond donors (Lipinski definition) is 0. The van der Waals surface area contributed by atoms with E-state index in [2.05, 4.69) is 5.10 Å². The van der Waals surface area contributed by atoms with Gasteiger partial charge in [-0.25, -0.2) is 0 Å². The average molecular weight is 421 g/mol. The maximum Gasteiger partial charge on any atom is 0.246 e. The predicted molar refractivity (Wildman–Crippen MR) is 110 cm³/mol. The Balaban J connectivity index is 1.53. The number of rotatable bonds is 4. The van der Waals surface area contributed by atoms with Crippen molar-refractivity contribution >= 4 is 41.1 Å². The van der Waals surface area contributed by atoms with Crippen LogP contribution in [0.4, 0.5) is 0 Å². The lowest BCUT2D eigenvalue weighted by Gasteiger charge is -2.34. The highest BCUT2D eigenvalue weighted by Gasteiger charge is 2.23. The molecule has 28 heavy (non-hydrogen) atoms. The van der Waals surface area contributed by atoms with Gasteiger partial charge in [0.15, 0.2) is 0 Å². The molecule has 0 spiro atoms. The summed E-state index contributed by atoms with van der Waals surface area (Å²) in [4.78, 5) is 28.5. The van der Waals surface area contributed by atoms with E-state index in [1.54, 1.807) is 39.7 Å². The fourth-order valence-electron chi connectivity index (χ4n) is 3.16. The summed E-state index contributed by atoms with van der Waals surface area (Å²) in [5, 5.41) is 5.38. The van der Waals surface area contributed by atoms with Gasteiger partial charge in [0.05, 0.1) is 12.1 Å². The van der Waals surface area contributed by atoms with E-state index in [9.17, 15) is 9.59 Å². The first-order valence-electron chi connectivity index (χ1n) is 9.03. The summed E-state index contributed by atoms with van der Waals surface area (Å²) in [6.07, 6.45) is 3.55. The van der Waals surface area contributed by atoms with Gasteiger partial charge in [0, 0.05) is 49.9 Å². The first-order chi connectivity index (χ1) is 13.3. The van der Waals surface area contributed by atoms with Crippen LogP contribution < -0.4 is 0 Å². The molecule has 0 saturated carbocycles. The Bertz CT molecular complexity index is 898. The highest BCUT2D eigenvalue weighted by Crippen LogP contribution is 2.20. The molecule has 0 unspecified atom stereocenters. The van der Waals surface area contributed by atoms with E-state index in [1.165, 1.54) is 6.08 Å². The Hall–Kier alpha value is -2.31. The minimum Gasteiger partial charge on any atom is -0.339 e. The SMILES string of the molecule is Cc1nn(C)c(Cl)c1/C=C/C(=O)N1CCN(C(=O)Cc2ccc(Cl)cc2)CC1. The molecule has 148 valence electrons. The molecule has 0 atom stereocenters. The first kappa shape index (κ1) is 20.4. The van der Waals surface area contributed by atoms with Crippen molar-refractivity contribution in [1.82, 2.24) is 19.6 Å². The van der Waals surface area contributed by atoms with Gasteiger partial charge in [-0.05, 0) is 30.7 Å². The molecular weight excluding hydrogens is 399 g/mol. The number of carbonyl (C=O) groups excluding carboxylic acids is 2. The van der Waals surface area contributed by atoms with Crippen LogP contribution in [-0.2, 0) is 23.1 Å². The molecule has 0 bridgehead atoms. The first-order valence-corrected chi connectivity index (χ1v) is 9.79. The predicted octanol–water partition coefficient (Wildman–Crippen LogP) is 2.96. The molecule has 1 aliphatic rings. The zero-order chi connectivity index (χ0) is 20.3. The number of carbonyl (C=O) groups is 2. The zero-order valence-electron chi connectivity index (χ0n) is 15.9. The van der Waals surface area contributed by atoms with Crippen LogP contribution in [0.25, 0.3) is 6.08 Å². The lowest BCUT2D eigenvalue weighted by molar-refractivity contribution is -0.136. The molecular formula is C20H22Cl2N4O2. The quantitative estimate of drug-likeness (QED) is 0.714. The van der Waals surface area contributed by atoms with Crippen molar-refractivity contribution < 1.29 is 9.59 Å². The molecule has 0 aliphatic carbocycles. The average Bonchev–Trinajstić information content (AvgIpc) is 2.93. The number of nitrogens with zero attached hydrogens (tertiary/aromatic N) is 4. The van der Waals surface area contributed by atoms with Crippen LogP contribution in [-0.4, -0.2) is 57.6 Å². The van der Waals surface area contributed by atoms with Gasteiger partial charge in [-0.15, -0.1) is 0 Å². The second-order valence-corrected chi connectivity index (χ2v) is 7.55. The molecule has 1 saturated heterocycles. The Morgan fingerprint density at radius 3 is 2.25 bits per heavy atom. The summed E-state index contributed by atoms with van der Waals surface area (Å²) in [7, 11) is 1.76. The minimum atomic E-state index is -0.0934. The fourth-order valence-corrected chi connectivity index (χ4v) is 3.52. The van der Waals surface area contributed by atoms with Gasteiger partial charge in [-0.3, -0.25) is 14.3 Å².